The molecule has 0 aromatic heterocycles. The molecule has 0 aliphatic carbocycles. The molecule has 0 unspecified atom stereocenters. The van der Waals surface area contributed by atoms with Gasteiger partial charge in [0.1, 0.15) is 5.69 Å². The first-order valence-electron chi connectivity index (χ1n) is 2.99. The van der Waals surface area contributed by atoms with Gasteiger partial charge in [-0.1, -0.05) is 23.2 Å². The Morgan fingerprint density at radius 1 is 1.27 bits per heavy atom. The molecule has 4 heteroatoms. The molecule has 2 nitrogen and oxygen atoms in total. The Balaban J connectivity index is 3.12. The van der Waals surface area contributed by atoms with Gasteiger partial charge in [-0.25, -0.2) is 0 Å². The third-order valence-electron chi connectivity index (χ3n) is 1.12. The second kappa shape index (κ2) is 3.69. The standard InChI is InChI=1S/C7H6Cl2N2/c1-10-11-7-4-5(8)2-3-6(7)9/h2-4H,1H3. The first kappa shape index (κ1) is 8.50. The van der Waals surface area contributed by atoms with Crippen LogP contribution in [0.25, 0.3) is 0 Å². The van der Waals surface area contributed by atoms with Gasteiger partial charge in [0.05, 0.1) is 5.02 Å². The van der Waals surface area contributed by atoms with Crippen LogP contribution in [-0.4, -0.2) is 7.05 Å². The molecule has 0 N–H and O–H groups in total. The van der Waals surface area contributed by atoms with E-state index in [1.54, 1.807) is 25.2 Å². The summed E-state index contributed by atoms with van der Waals surface area (Å²) in [6.45, 7) is 0. The number of azo groups is 1. The van der Waals surface area contributed by atoms with Gasteiger partial charge >= 0.3 is 0 Å². The van der Waals surface area contributed by atoms with Crippen molar-refractivity contribution >= 4 is 28.9 Å². The fourth-order valence-electron chi connectivity index (χ4n) is 0.670. The summed E-state index contributed by atoms with van der Waals surface area (Å²) in [5.74, 6) is 0. The van der Waals surface area contributed by atoms with E-state index in [0.717, 1.165) is 0 Å². The molecule has 0 saturated carbocycles. The molecule has 0 spiro atoms. The van der Waals surface area contributed by atoms with Crippen molar-refractivity contribution in [3.63, 3.8) is 0 Å². The third-order valence-corrected chi connectivity index (χ3v) is 1.67. The van der Waals surface area contributed by atoms with Crippen LogP contribution in [0.1, 0.15) is 0 Å². The number of benzene rings is 1. The van der Waals surface area contributed by atoms with Crippen molar-refractivity contribution in [1.29, 1.82) is 0 Å². The lowest BCUT2D eigenvalue weighted by atomic mass is 10.3. The van der Waals surface area contributed by atoms with Crippen molar-refractivity contribution in [1.82, 2.24) is 0 Å². The molecule has 0 aliphatic rings. The summed E-state index contributed by atoms with van der Waals surface area (Å²) in [4.78, 5) is 0. The van der Waals surface area contributed by atoms with E-state index in [2.05, 4.69) is 10.2 Å². The summed E-state index contributed by atoms with van der Waals surface area (Å²) in [6, 6.07) is 5.06. The van der Waals surface area contributed by atoms with Crippen molar-refractivity contribution in [3.8, 4) is 0 Å². The topological polar surface area (TPSA) is 24.7 Å². The Morgan fingerprint density at radius 2 is 2.00 bits per heavy atom. The lowest BCUT2D eigenvalue weighted by Crippen LogP contribution is -1.67. The fraction of sp³-hybridized carbons (Fsp3) is 0.143. The number of rotatable bonds is 1. The maximum Gasteiger partial charge on any atom is 0.105 e. The average Bonchev–Trinajstić information content (AvgIpc) is 1.98. The molecule has 0 bridgehead atoms. The molecular weight excluding hydrogens is 183 g/mol. The van der Waals surface area contributed by atoms with Gasteiger partial charge in [-0.2, -0.15) is 10.2 Å². The van der Waals surface area contributed by atoms with Crippen molar-refractivity contribution in [2.24, 2.45) is 10.2 Å². The summed E-state index contributed by atoms with van der Waals surface area (Å²) < 4.78 is 0. The fourth-order valence-corrected chi connectivity index (χ4v) is 0.992. The highest BCUT2D eigenvalue weighted by Gasteiger charge is 1.97. The zero-order chi connectivity index (χ0) is 8.27. The van der Waals surface area contributed by atoms with Gasteiger partial charge in [-0.15, -0.1) is 0 Å². The lowest BCUT2D eigenvalue weighted by Gasteiger charge is -1.95. The van der Waals surface area contributed by atoms with Crippen molar-refractivity contribution in [3.05, 3.63) is 28.2 Å². The molecule has 0 saturated heterocycles. The predicted octanol–water partition coefficient (Wildman–Crippen LogP) is 3.71. The molecular formula is C7H6Cl2N2. The quantitative estimate of drug-likeness (QED) is 0.601. The van der Waals surface area contributed by atoms with Crippen LogP contribution in [0.4, 0.5) is 5.69 Å². The Hall–Kier alpha value is -0.600. The van der Waals surface area contributed by atoms with Crippen LogP contribution in [0.15, 0.2) is 28.4 Å². The van der Waals surface area contributed by atoms with Crippen LogP contribution in [-0.2, 0) is 0 Å². The van der Waals surface area contributed by atoms with Gasteiger partial charge < -0.3 is 0 Å². The first-order chi connectivity index (χ1) is 5.24. The third kappa shape index (κ3) is 2.17. The van der Waals surface area contributed by atoms with E-state index in [1.165, 1.54) is 0 Å². The Labute approximate surface area is 74.8 Å². The van der Waals surface area contributed by atoms with Crippen molar-refractivity contribution < 1.29 is 0 Å². The van der Waals surface area contributed by atoms with E-state index in [0.29, 0.717) is 15.7 Å². The molecule has 1 rings (SSSR count). The number of hydrogen-bond donors (Lipinski definition) is 0. The van der Waals surface area contributed by atoms with E-state index >= 15 is 0 Å². The van der Waals surface area contributed by atoms with Crippen LogP contribution >= 0.6 is 23.2 Å². The van der Waals surface area contributed by atoms with Gasteiger partial charge in [-0.3, -0.25) is 0 Å². The smallest absolute Gasteiger partial charge is 0.105 e. The number of halogens is 2. The zero-order valence-corrected chi connectivity index (χ0v) is 7.39. The molecule has 0 amide bonds. The summed E-state index contributed by atoms with van der Waals surface area (Å²) in [5.41, 5.74) is 0.599. The van der Waals surface area contributed by atoms with E-state index in [-0.39, 0.29) is 0 Å². The second-order valence-electron chi connectivity index (χ2n) is 1.90. The van der Waals surface area contributed by atoms with Crippen LogP contribution in [0, 0.1) is 0 Å². The maximum atomic E-state index is 5.76. The van der Waals surface area contributed by atoms with Crippen molar-refractivity contribution in [2.45, 2.75) is 0 Å². The van der Waals surface area contributed by atoms with E-state index in [9.17, 15) is 0 Å². The SMILES string of the molecule is CN=Nc1cc(Cl)ccc1Cl. The zero-order valence-electron chi connectivity index (χ0n) is 5.88. The van der Waals surface area contributed by atoms with Crippen LogP contribution in [0.2, 0.25) is 10.0 Å². The van der Waals surface area contributed by atoms with E-state index in [4.69, 9.17) is 23.2 Å². The highest BCUT2D eigenvalue weighted by atomic mass is 35.5. The molecule has 1 aromatic rings. The Kier molecular flexibility index (Phi) is 2.85. The van der Waals surface area contributed by atoms with Crippen LogP contribution in [0.3, 0.4) is 0 Å². The predicted molar refractivity (Wildman–Crippen MR) is 46.9 cm³/mol. The second-order valence-corrected chi connectivity index (χ2v) is 2.74. The molecule has 0 atom stereocenters. The highest BCUT2D eigenvalue weighted by molar-refractivity contribution is 6.35. The minimum atomic E-state index is 0.556. The normalized spacial score (nSPS) is 10.8. The van der Waals surface area contributed by atoms with Crippen molar-refractivity contribution in [2.75, 3.05) is 7.05 Å². The molecule has 11 heavy (non-hydrogen) atoms. The van der Waals surface area contributed by atoms with Gasteiger partial charge in [0, 0.05) is 12.1 Å². The largest absolute Gasteiger partial charge is 0.192 e. The Morgan fingerprint density at radius 3 is 2.64 bits per heavy atom. The van der Waals surface area contributed by atoms with Gasteiger partial charge in [-0.05, 0) is 18.2 Å². The summed E-state index contributed by atoms with van der Waals surface area (Å²) in [7, 11) is 1.58. The molecule has 58 valence electrons. The molecule has 0 radical (unpaired) electrons. The molecule has 0 heterocycles. The molecule has 1 aromatic carbocycles. The highest BCUT2D eigenvalue weighted by Crippen LogP contribution is 2.27. The number of hydrogen-bond acceptors (Lipinski definition) is 2. The minimum absolute atomic E-state index is 0.556. The van der Waals surface area contributed by atoms with Crippen LogP contribution in [0.5, 0.6) is 0 Å². The molecule has 0 fully saturated rings. The first-order valence-corrected chi connectivity index (χ1v) is 3.74. The van der Waals surface area contributed by atoms with E-state index in [1.807, 2.05) is 0 Å². The van der Waals surface area contributed by atoms with Gasteiger partial charge in [0.25, 0.3) is 0 Å². The summed E-state index contributed by atoms with van der Waals surface area (Å²) >= 11 is 11.5. The van der Waals surface area contributed by atoms with Crippen LogP contribution < -0.4 is 0 Å². The average molecular weight is 189 g/mol. The lowest BCUT2D eigenvalue weighted by molar-refractivity contribution is 1.17. The molecule has 0 aliphatic heterocycles. The summed E-state index contributed by atoms with van der Waals surface area (Å²) in [5, 5.41) is 8.53. The minimum Gasteiger partial charge on any atom is -0.192 e. The van der Waals surface area contributed by atoms with Gasteiger partial charge in [0.2, 0.25) is 0 Å². The Bertz CT molecular complexity index is 284. The van der Waals surface area contributed by atoms with E-state index < -0.39 is 0 Å². The number of nitrogens with zero attached hydrogens (tertiary/aromatic N) is 2. The summed E-state index contributed by atoms with van der Waals surface area (Å²) in [6.07, 6.45) is 0. The van der Waals surface area contributed by atoms with Gasteiger partial charge in [0.15, 0.2) is 0 Å². The maximum absolute atomic E-state index is 5.76. The monoisotopic (exact) mass is 188 g/mol.